The number of benzene rings is 1. The number of nitriles is 1. The maximum absolute atomic E-state index is 14.1. The zero-order valence-electron chi connectivity index (χ0n) is 22.9. The Bertz CT molecular complexity index is 1490. The number of nitrogens with one attached hydrogen (secondary N) is 1. The molecule has 2 aliphatic rings. The number of hydrogen-bond acceptors (Lipinski definition) is 12. The highest BCUT2D eigenvalue weighted by atomic mass is 31.2. The number of esters is 1. The van der Waals surface area contributed by atoms with Gasteiger partial charge in [0.2, 0.25) is 5.60 Å². The molecule has 0 spiro atoms. The molecule has 6 atom stereocenters. The van der Waals surface area contributed by atoms with Gasteiger partial charge in [-0.05, 0) is 56.4 Å². The van der Waals surface area contributed by atoms with Crippen LogP contribution in [0.4, 0.5) is 5.82 Å². The van der Waals surface area contributed by atoms with Crippen molar-refractivity contribution in [3.05, 3.63) is 54.5 Å². The van der Waals surface area contributed by atoms with Gasteiger partial charge >= 0.3 is 13.7 Å². The molecule has 1 saturated carbocycles. The van der Waals surface area contributed by atoms with Crippen molar-refractivity contribution in [2.24, 2.45) is 0 Å². The summed E-state index contributed by atoms with van der Waals surface area (Å²) in [6.07, 6.45) is 0.0559. The molecule has 1 aliphatic carbocycles. The number of para-hydroxylation sites is 1. The second kappa shape index (κ2) is 12.3. The summed E-state index contributed by atoms with van der Waals surface area (Å²) in [5.41, 5.74) is 4.46. The maximum Gasteiger partial charge on any atom is 0.459 e. The number of nitrogens with two attached hydrogens (primary N) is 1. The highest BCUT2D eigenvalue weighted by molar-refractivity contribution is 7.52. The van der Waals surface area contributed by atoms with Crippen LogP contribution in [0.3, 0.4) is 0 Å². The largest absolute Gasteiger partial charge is 0.461 e. The number of ether oxygens (including phenoxy) is 2. The van der Waals surface area contributed by atoms with Gasteiger partial charge in [0.25, 0.3) is 0 Å². The number of aromatic nitrogens is 3. The van der Waals surface area contributed by atoms with Crippen LogP contribution in [0.25, 0.3) is 5.52 Å². The van der Waals surface area contributed by atoms with E-state index >= 15 is 0 Å². The standard InChI is InChI=1S/C27H33N6O8P/c1-2-19(26(36)39-17-8-6-7-9-17)32-42(37,41-18-10-4-3-5-11-18)38-15-27(14-28)24(35)22(34)23(40-27)20-12-13-21-25(29)30-16-31-33(20)21/h3-5,10-13,16-17,19,22-24,34-35H,2,6-9,15H2,1H3,(H,32,37)(H2,29,30,31)/t19-,22-,23-,24-,27+,42-/m0/s1. The summed E-state index contributed by atoms with van der Waals surface area (Å²) in [7, 11) is -4.41. The van der Waals surface area contributed by atoms with Crippen molar-refractivity contribution < 1.29 is 38.1 Å². The number of carbonyl (C=O) groups excluding carboxylic acids is 1. The molecule has 14 nitrogen and oxygen atoms in total. The average Bonchev–Trinajstić information content (AvgIpc) is 3.72. The van der Waals surface area contributed by atoms with Crippen molar-refractivity contribution in [3.63, 3.8) is 0 Å². The molecular weight excluding hydrogens is 567 g/mol. The van der Waals surface area contributed by atoms with Crippen LogP contribution in [-0.4, -0.2) is 67.3 Å². The number of aliphatic hydroxyl groups excluding tert-OH is 2. The number of nitrogens with zero attached hydrogens (tertiary/aromatic N) is 4. The van der Waals surface area contributed by atoms with Crippen molar-refractivity contribution in [2.75, 3.05) is 12.3 Å². The zero-order valence-corrected chi connectivity index (χ0v) is 23.8. The number of rotatable bonds is 11. The molecule has 0 unspecified atom stereocenters. The molecule has 3 aromatic rings. The molecule has 2 fully saturated rings. The van der Waals surface area contributed by atoms with E-state index in [9.17, 15) is 24.8 Å². The highest BCUT2D eigenvalue weighted by Gasteiger charge is 2.57. The third-order valence-electron chi connectivity index (χ3n) is 7.45. The number of carbonyl (C=O) groups is 1. The van der Waals surface area contributed by atoms with Gasteiger partial charge in [0, 0.05) is 0 Å². The minimum absolute atomic E-state index is 0.168. The van der Waals surface area contributed by atoms with Crippen LogP contribution in [-0.2, 0) is 23.4 Å². The van der Waals surface area contributed by atoms with Gasteiger partial charge in [0.1, 0.15) is 60.7 Å². The fraction of sp³-hybridized carbons (Fsp3) is 0.481. The molecular formula is C27H33N6O8P. The molecule has 1 aliphatic heterocycles. The topological polar surface area (TPSA) is 204 Å². The molecule has 0 radical (unpaired) electrons. The van der Waals surface area contributed by atoms with Crippen molar-refractivity contribution in [3.8, 4) is 11.8 Å². The van der Waals surface area contributed by atoms with E-state index in [0.29, 0.717) is 11.2 Å². The molecule has 42 heavy (non-hydrogen) atoms. The van der Waals surface area contributed by atoms with Crippen LogP contribution in [0.5, 0.6) is 5.75 Å². The number of anilines is 1. The molecule has 3 heterocycles. The smallest absolute Gasteiger partial charge is 0.459 e. The molecule has 1 saturated heterocycles. The van der Waals surface area contributed by atoms with Crippen LogP contribution in [0, 0.1) is 11.3 Å². The highest BCUT2D eigenvalue weighted by Crippen LogP contribution is 2.48. The van der Waals surface area contributed by atoms with E-state index in [1.165, 1.54) is 10.8 Å². The van der Waals surface area contributed by atoms with E-state index in [0.717, 1.165) is 25.7 Å². The van der Waals surface area contributed by atoms with E-state index < -0.39 is 50.3 Å². The number of hydrogen-bond donors (Lipinski definition) is 4. The summed E-state index contributed by atoms with van der Waals surface area (Å²) in [6, 6.07) is 12.1. The maximum atomic E-state index is 14.1. The first-order valence-corrected chi connectivity index (χ1v) is 15.2. The molecule has 2 aromatic heterocycles. The van der Waals surface area contributed by atoms with Gasteiger partial charge in [0.15, 0.2) is 5.82 Å². The van der Waals surface area contributed by atoms with Crippen LogP contribution >= 0.6 is 7.75 Å². The second-order valence-electron chi connectivity index (χ2n) is 10.3. The number of aliphatic hydroxyl groups is 2. The van der Waals surface area contributed by atoms with E-state index in [1.807, 2.05) is 6.07 Å². The van der Waals surface area contributed by atoms with Gasteiger partial charge in [0.05, 0.1) is 5.69 Å². The van der Waals surface area contributed by atoms with Crippen molar-refractivity contribution in [2.45, 2.75) is 75.1 Å². The minimum Gasteiger partial charge on any atom is -0.461 e. The van der Waals surface area contributed by atoms with Gasteiger partial charge in [-0.2, -0.15) is 15.4 Å². The monoisotopic (exact) mass is 600 g/mol. The Morgan fingerprint density at radius 1 is 1.29 bits per heavy atom. The lowest BCUT2D eigenvalue weighted by atomic mass is 9.96. The lowest BCUT2D eigenvalue weighted by Gasteiger charge is -2.29. The van der Waals surface area contributed by atoms with E-state index in [1.54, 1.807) is 49.4 Å². The van der Waals surface area contributed by atoms with Gasteiger partial charge in [-0.15, -0.1) is 0 Å². The first kappa shape index (κ1) is 29.9. The van der Waals surface area contributed by atoms with Gasteiger partial charge in [-0.1, -0.05) is 25.1 Å². The Morgan fingerprint density at radius 3 is 2.71 bits per heavy atom. The molecule has 5 N–H and O–H groups in total. The summed E-state index contributed by atoms with van der Waals surface area (Å²) in [4.78, 5) is 16.9. The Morgan fingerprint density at radius 2 is 2.02 bits per heavy atom. The summed E-state index contributed by atoms with van der Waals surface area (Å²) >= 11 is 0. The Balaban J connectivity index is 1.38. The predicted octanol–water partition coefficient (Wildman–Crippen LogP) is 2.42. The van der Waals surface area contributed by atoms with Gasteiger partial charge in [-0.3, -0.25) is 9.32 Å². The molecule has 1 aromatic carbocycles. The summed E-state index contributed by atoms with van der Waals surface area (Å²) < 4.78 is 38.4. The molecule has 0 bridgehead atoms. The van der Waals surface area contributed by atoms with E-state index in [2.05, 4.69) is 15.2 Å². The fourth-order valence-corrected chi connectivity index (χ4v) is 6.73. The summed E-state index contributed by atoms with van der Waals surface area (Å²) in [6.45, 7) is 0.921. The number of nitrogen functional groups attached to an aromatic ring is 1. The molecule has 0 amide bonds. The quantitative estimate of drug-likeness (QED) is 0.185. The van der Waals surface area contributed by atoms with Crippen LogP contribution in [0.15, 0.2) is 48.8 Å². The van der Waals surface area contributed by atoms with Crippen molar-refractivity contribution >= 4 is 25.1 Å². The van der Waals surface area contributed by atoms with Crippen LogP contribution in [0.1, 0.15) is 50.8 Å². The summed E-state index contributed by atoms with van der Waals surface area (Å²) in [5, 5.41) is 38.9. The SMILES string of the molecule is CC[C@H](N[P@](=O)(OC[C@@]1(C#N)O[C@@H](c2ccc3c(N)ncnn23)[C@H](O)[C@@H]1O)Oc1ccccc1)C(=O)OC1CCCC1. The molecule has 224 valence electrons. The van der Waals surface area contributed by atoms with Gasteiger partial charge in [-0.25, -0.2) is 14.1 Å². The molecule has 15 heteroatoms. The normalized spacial score (nSPS) is 26.5. The zero-order chi connectivity index (χ0) is 29.9. The lowest BCUT2D eigenvalue weighted by Crippen LogP contribution is -2.46. The Kier molecular flexibility index (Phi) is 8.79. The summed E-state index contributed by atoms with van der Waals surface area (Å²) in [5.74, 6) is -0.254. The third-order valence-corrected chi connectivity index (χ3v) is 9.00. The Labute approximate surface area is 241 Å². The Hall–Kier alpha value is -3.57. The first-order chi connectivity index (χ1) is 20.2. The van der Waals surface area contributed by atoms with Crippen LogP contribution < -0.4 is 15.3 Å². The van der Waals surface area contributed by atoms with Crippen molar-refractivity contribution in [1.82, 2.24) is 19.7 Å². The lowest BCUT2D eigenvalue weighted by molar-refractivity contribution is -0.151. The minimum atomic E-state index is -4.41. The first-order valence-electron chi connectivity index (χ1n) is 13.7. The van der Waals surface area contributed by atoms with Crippen molar-refractivity contribution in [1.29, 1.82) is 5.26 Å². The van der Waals surface area contributed by atoms with E-state index in [-0.39, 0.29) is 24.1 Å². The van der Waals surface area contributed by atoms with Crippen LogP contribution in [0.2, 0.25) is 0 Å². The predicted molar refractivity (Wildman–Crippen MR) is 148 cm³/mol. The average molecular weight is 601 g/mol. The fourth-order valence-electron chi connectivity index (χ4n) is 5.12. The number of fused-ring (bicyclic) bond motifs is 1. The second-order valence-corrected chi connectivity index (χ2v) is 12.0. The van der Waals surface area contributed by atoms with Gasteiger partial charge < -0.3 is 29.9 Å². The third kappa shape index (κ3) is 5.98. The van der Waals surface area contributed by atoms with E-state index in [4.69, 9.17) is 24.3 Å². The molecule has 5 rings (SSSR count).